The second kappa shape index (κ2) is 37.6. The molecule has 0 aromatic rings. The molecule has 1 heterocycles. The van der Waals surface area contributed by atoms with Gasteiger partial charge in [0.25, 0.3) is 0 Å². The van der Waals surface area contributed by atoms with Gasteiger partial charge in [0.05, 0.1) is 19.8 Å². The maximum Gasteiger partial charge on any atom is 0.397 e. The van der Waals surface area contributed by atoms with Gasteiger partial charge < -0.3 is 34.3 Å². The number of esters is 1. The van der Waals surface area contributed by atoms with Crippen LogP contribution >= 0.6 is 0 Å². The Labute approximate surface area is 353 Å². The third kappa shape index (κ3) is 30.8. The van der Waals surface area contributed by atoms with E-state index in [1.165, 1.54) is 122 Å². The molecule has 344 valence electrons. The topological polar surface area (TPSA) is 178 Å². The zero-order valence-electron chi connectivity index (χ0n) is 36.6. The highest BCUT2D eigenvalue weighted by Crippen LogP contribution is 2.26. The second-order valence-electron chi connectivity index (χ2n) is 16.4. The van der Waals surface area contributed by atoms with Gasteiger partial charge in [-0.25, -0.2) is 4.18 Å². The summed E-state index contributed by atoms with van der Waals surface area (Å²) in [5, 5.41) is 30.7. The predicted molar refractivity (Wildman–Crippen MR) is 230 cm³/mol. The van der Waals surface area contributed by atoms with Gasteiger partial charge in [0.1, 0.15) is 30.5 Å². The summed E-state index contributed by atoms with van der Waals surface area (Å²) >= 11 is 0. The fourth-order valence-electron chi connectivity index (χ4n) is 7.32. The van der Waals surface area contributed by atoms with Crippen LogP contribution in [0.5, 0.6) is 0 Å². The highest BCUT2D eigenvalue weighted by molar-refractivity contribution is 7.80. The average molecular weight is 851 g/mol. The lowest BCUT2D eigenvalue weighted by Gasteiger charge is -2.41. The molecular formula is C45H86O12S. The molecule has 12 nitrogen and oxygen atoms in total. The molecule has 58 heavy (non-hydrogen) atoms. The molecule has 0 aromatic heterocycles. The number of carbonyl (C=O) groups excluding carboxylic acids is 1. The quantitative estimate of drug-likeness (QED) is 0.0198. The minimum atomic E-state index is -5.06. The number of hydrogen-bond acceptors (Lipinski definition) is 11. The third-order valence-corrected chi connectivity index (χ3v) is 11.4. The molecule has 6 unspecified atom stereocenters. The smallest absolute Gasteiger partial charge is 0.397 e. The summed E-state index contributed by atoms with van der Waals surface area (Å²) in [6.45, 7) is 4.01. The minimum absolute atomic E-state index is 0.0383. The molecule has 1 aliphatic rings. The van der Waals surface area contributed by atoms with Crippen molar-refractivity contribution in [3.05, 3.63) is 12.2 Å². The number of carbonyl (C=O) groups is 1. The van der Waals surface area contributed by atoms with Crippen molar-refractivity contribution in [3.8, 4) is 0 Å². The monoisotopic (exact) mass is 851 g/mol. The van der Waals surface area contributed by atoms with Crippen LogP contribution in [0.2, 0.25) is 0 Å². The van der Waals surface area contributed by atoms with Gasteiger partial charge in [0.2, 0.25) is 0 Å². The summed E-state index contributed by atoms with van der Waals surface area (Å²) < 4.78 is 59.1. The van der Waals surface area contributed by atoms with E-state index in [0.717, 1.165) is 57.8 Å². The van der Waals surface area contributed by atoms with E-state index in [9.17, 15) is 28.5 Å². The first-order valence-electron chi connectivity index (χ1n) is 23.4. The van der Waals surface area contributed by atoms with E-state index in [-0.39, 0.29) is 19.6 Å². The average Bonchev–Trinajstić information content (AvgIpc) is 3.19. The van der Waals surface area contributed by atoms with E-state index in [1.54, 1.807) is 0 Å². The largest absolute Gasteiger partial charge is 0.457 e. The van der Waals surface area contributed by atoms with Gasteiger partial charge in [-0.1, -0.05) is 174 Å². The molecule has 0 saturated carbocycles. The summed E-state index contributed by atoms with van der Waals surface area (Å²) in [5.41, 5.74) is 0. The Bertz CT molecular complexity index is 1070. The zero-order chi connectivity index (χ0) is 42.5. The molecule has 0 spiro atoms. The van der Waals surface area contributed by atoms with Crippen molar-refractivity contribution >= 4 is 16.4 Å². The lowest BCUT2D eigenvalue weighted by molar-refractivity contribution is -0.301. The van der Waals surface area contributed by atoms with Gasteiger partial charge >= 0.3 is 16.4 Å². The van der Waals surface area contributed by atoms with Crippen molar-refractivity contribution in [2.24, 2.45) is 0 Å². The molecule has 0 aromatic carbocycles. The summed E-state index contributed by atoms with van der Waals surface area (Å²) in [5.74, 6) is -0.404. The number of aliphatic hydroxyl groups excluding tert-OH is 3. The van der Waals surface area contributed by atoms with E-state index in [1.807, 2.05) is 0 Å². The Morgan fingerprint density at radius 1 is 0.638 bits per heavy atom. The Morgan fingerprint density at radius 3 is 1.55 bits per heavy atom. The Kier molecular flexibility index (Phi) is 35.6. The van der Waals surface area contributed by atoms with E-state index >= 15 is 0 Å². The van der Waals surface area contributed by atoms with Crippen molar-refractivity contribution in [2.75, 3.05) is 26.4 Å². The van der Waals surface area contributed by atoms with Crippen LogP contribution in [-0.4, -0.2) is 97.5 Å². The number of unbranched alkanes of at least 4 members (excludes halogenated alkanes) is 26. The molecule has 1 rings (SSSR count). The first kappa shape index (κ1) is 54.9. The van der Waals surface area contributed by atoms with E-state index in [2.05, 4.69) is 30.2 Å². The minimum Gasteiger partial charge on any atom is -0.457 e. The molecule has 6 atom stereocenters. The van der Waals surface area contributed by atoms with Crippen LogP contribution < -0.4 is 0 Å². The molecule has 1 saturated heterocycles. The van der Waals surface area contributed by atoms with Gasteiger partial charge in [-0.3, -0.25) is 9.35 Å². The maximum atomic E-state index is 12.8. The molecule has 4 N–H and O–H groups in total. The van der Waals surface area contributed by atoms with Crippen molar-refractivity contribution in [2.45, 2.75) is 243 Å². The number of allylic oxidation sites excluding steroid dienone is 2. The maximum absolute atomic E-state index is 12.8. The van der Waals surface area contributed by atoms with Crippen molar-refractivity contribution < 1.29 is 56.2 Å². The fourth-order valence-corrected chi connectivity index (χ4v) is 7.82. The van der Waals surface area contributed by atoms with Crippen LogP contribution in [0.1, 0.15) is 206 Å². The number of rotatable bonds is 41. The SMILES string of the molecule is CCCCCCCCC/C=C\CCCCCCCC(=O)OC(COCCCCCCCCCCCCCCCCC)COC1OC(CO)C(O)C(OS(=O)(=O)O)C1O. The van der Waals surface area contributed by atoms with Crippen LogP contribution in [0.15, 0.2) is 12.2 Å². The summed E-state index contributed by atoms with van der Waals surface area (Å²) in [6.07, 6.45) is 31.0. The van der Waals surface area contributed by atoms with Gasteiger partial charge in [-0.05, 0) is 38.5 Å². The van der Waals surface area contributed by atoms with Crippen molar-refractivity contribution in [3.63, 3.8) is 0 Å². The van der Waals surface area contributed by atoms with Crippen LogP contribution in [0, 0.1) is 0 Å². The van der Waals surface area contributed by atoms with Gasteiger partial charge in [0, 0.05) is 13.0 Å². The van der Waals surface area contributed by atoms with Crippen LogP contribution in [0.25, 0.3) is 0 Å². The molecular weight excluding hydrogens is 765 g/mol. The molecule has 0 aliphatic carbocycles. The van der Waals surface area contributed by atoms with Gasteiger partial charge in [-0.2, -0.15) is 8.42 Å². The molecule has 13 heteroatoms. The van der Waals surface area contributed by atoms with Crippen LogP contribution in [0.3, 0.4) is 0 Å². The van der Waals surface area contributed by atoms with Crippen LogP contribution in [0.4, 0.5) is 0 Å². The molecule has 0 radical (unpaired) electrons. The van der Waals surface area contributed by atoms with Gasteiger partial charge in [0.15, 0.2) is 6.29 Å². The highest BCUT2D eigenvalue weighted by atomic mass is 32.3. The first-order chi connectivity index (χ1) is 28.1. The lowest BCUT2D eigenvalue weighted by Crippen LogP contribution is -2.60. The summed E-state index contributed by atoms with van der Waals surface area (Å²) in [7, 11) is -5.06. The number of hydrogen-bond donors (Lipinski definition) is 4. The Morgan fingerprint density at radius 2 is 1.09 bits per heavy atom. The highest BCUT2D eigenvalue weighted by Gasteiger charge is 2.48. The summed E-state index contributed by atoms with van der Waals surface area (Å²) in [6, 6.07) is 0. The number of ether oxygens (including phenoxy) is 4. The standard InChI is InChI=1S/C45H86O12S/c1-3-5-7-9-11-13-15-17-19-20-22-24-26-28-30-32-34-41(47)55-39(38-54-45-43(49)44(57-58(50,51)52)42(48)40(36-46)56-45)37-53-35-33-31-29-27-25-23-21-18-16-14-12-10-8-6-4-2/h19-20,39-40,42-46,48-49H,3-18,21-38H2,1-2H3,(H,50,51,52)/b20-19-. The summed E-state index contributed by atoms with van der Waals surface area (Å²) in [4.78, 5) is 12.8. The molecule has 0 bridgehead atoms. The fraction of sp³-hybridized carbons (Fsp3) is 0.933. The van der Waals surface area contributed by atoms with Crippen molar-refractivity contribution in [1.82, 2.24) is 0 Å². The Balaban J connectivity index is 2.41. The molecule has 1 fully saturated rings. The normalized spacial score (nSPS) is 20.6. The second-order valence-corrected chi connectivity index (χ2v) is 17.4. The lowest BCUT2D eigenvalue weighted by atomic mass is 9.99. The third-order valence-electron chi connectivity index (χ3n) is 10.9. The zero-order valence-corrected chi connectivity index (χ0v) is 37.4. The van der Waals surface area contributed by atoms with E-state index in [0.29, 0.717) is 13.0 Å². The van der Waals surface area contributed by atoms with Gasteiger partial charge in [-0.15, -0.1) is 0 Å². The van der Waals surface area contributed by atoms with E-state index in [4.69, 9.17) is 23.5 Å². The first-order valence-corrected chi connectivity index (χ1v) is 24.8. The van der Waals surface area contributed by atoms with Crippen molar-refractivity contribution in [1.29, 1.82) is 0 Å². The molecule has 1 aliphatic heterocycles. The number of aliphatic hydroxyl groups is 3. The van der Waals surface area contributed by atoms with Crippen LogP contribution in [-0.2, 0) is 38.3 Å². The van der Waals surface area contributed by atoms with E-state index < -0.39 is 59.8 Å². The Hall–Kier alpha value is -1.16. The predicted octanol–water partition coefficient (Wildman–Crippen LogP) is 9.86. The molecule has 0 amide bonds.